The molecule has 1 amide bonds. The molecule has 3 N–H and O–H groups in total. The van der Waals surface area contributed by atoms with Gasteiger partial charge in [-0.25, -0.2) is 4.98 Å². The largest absolute Gasteiger partial charge is 0.496 e. The van der Waals surface area contributed by atoms with Crippen LogP contribution in [0.2, 0.25) is 0 Å². The molecular weight excluding hydrogens is 346 g/mol. The summed E-state index contributed by atoms with van der Waals surface area (Å²) in [5.41, 5.74) is 8.46. The summed E-state index contributed by atoms with van der Waals surface area (Å²) < 4.78 is 6.99. The van der Waals surface area contributed by atoms with Crippen molar-refractivity contribution in [3.8, 4) is 11.4 Å². The number of hydrogen-bond acceptors (Lipinski definition) is 7. The Morgan fingerprint density at radius 2 is 2.22 bits per heavy atom. The van der Waals surface area contributed by atoms with Crippen LogP contribution in [-0.4, -0.2) is 44.0 Å². The number of hydrogen-bond donors (Lipinski definition) is 2. The zero-order valence-electron chi connectivity index (χ0n) is 15.2. The second-order valence-corrected chi connectivity index (χ2v) is 6.81. The van der Waals surface area contributed by atoms with Gasteiger partial charge in [0, 0.05) is 12.0 Å². The number of nitrogens with one attached hydrogen (secondary N) is 1. The van der Waals surface area contributed by atoms with E-state index in [0.29, 0.717) is 23.5 Å². The van der Waals surface area contributed by atoms with Crippen molar-refractivity contribution < 1.29 is 9.53 Å². The SMILES string of the molecule is COc1ccc(-n2nnc3cnc(NC4CC[C@@H](C(N)=O)C4)nc32)cc1C. The van der Waals surface area contributed by atoms with E-state index in [4.69, 9.17) is 10.5 Å². The molecule has 2 atom stereocenters. The predicted molar refractivity (Wildman–Crippen MR) is 99.7 cm³/mol. The van der Waals surface area contributed by atoms with Crippen LogP contribution < -0.4 is 15.8 Å². The molecule has 1 unspecified atom stereocenters. The number of aryl methyl sites for hydroxylation is 1. The third kappa shape index (κ3) is 3.27. The summed E-state index contributed by atoms with van der Waals surface area (Å²) in [4.78, 5) is 20.3. The lowest BCUT2D eigenvalue weighted by atomic mass is 10.1. The summed E-state index contributed by atoms with van der Waals surface area (Å²) in [6.07, 6.45) is 4.00. The van der Waals surface area contributed by atoms with Crippen molar-refractivity contribution >= 4 is 23.0 Å². The Balaban J connectivity index is 1.62. The van der Waals surface area contributed by atoms with E-state index in [-0.39, 0.29) is 17.9 Å². The van der Waals surface area contributed by atoms with Crippen LogP contribution >= 0.6 is 0 Å². The lowest BCUT2D eigenvalue weighted by Crippen LogP contribution is -2.23. The number of amides is 1. The highest BCUT2D eigenvalue weighted by atomic mass is 16.5. The highest BCUT2D eigenvalue weighted by Crippen LogP contribution is 2.27. The number of benzene rings is 1. The monoisotopic (exact) mass is 367 g/mol. The number of primary amides is 1. The summed E-state index contributed by atoms with van der Waals surface area (Å²) >= 11 is 0. The van der Waals surface area contributed by atoms with Crippen LogP contribution in [0.25, 0.3) is 16.9 Å². The fourth-order valence-electron chi connectivity index (χ4n) is 3.52. The summed E-state index contributed by atoms with van der Waals surface area (Å²) in [5, 5.41) is 11.6. The van der Waals surface area contributed by atoms with Gasteiger partial charge < -0.3 is 15.8 Å². The quantitative estimate of drug-likeness (QED) is 0.702. The zero-order chi connectivity index (χ0) is 19.0. The van der Waals surface area contributed by atoms with E-state index in [0.717, 1.165) is 29.8 Å². The number of nitrogens with two attached hydrogens (primary N) is 1. The van der Waals surface area contributed by atoms with E-state index < -0.39 is 0 Å². The fraction of sp³-hybridized carbons (Fsp3) is 0.389. The molecule has 2 heterocycles. The van der Waals surface area contributed by atoms with Gasteiger partial charge in [0.1, 0.15) is 5.75 Å². The van der Waals surface area contributed by atoms with Gasteiger partial charge in [-0.1, -0.05) is 5.21 Å². The molecule has 0 spiro atoms. The van der Waals surface area contributed by atoms with Gasteiger partial charge in [0.25, 0.3) is 0 Å². The van der Waals surface area contributed by atoms with Crippen LogP contribution in [0, 0.1) is 12.8 Å². The standard InChI is InChI=1S/C18H21N7O2/c1-10-7-13(5-6-15(10)27-2)25-17-14(23-24-25)9-20-18(22-17)21-12-4-3-11(8-12)16(19)26/h5-7,9,11-12H,3-4,8H2,1-2H3,(H2,19,26)(H,20,21,22)/t11-,12?/m1/s1. The van der Waals surface area contributed by atoms with E-state index >= 15 is 0 Å². The van der Waals surface area contributed by atoms with E-state index in [9.17, 15) is 4.79 Å². The Labute approximate surface area is 155 Å². The molecule has 27 heavy (non-hydrogen) atoms. The first-order chi connectivity index (χ1) is 13.0. The Hall–Kier alpha value is -3.23. The molecule has 1 aliphatic rings. The Morgan fingerprint density at radius 1 is 1.37 bits per heavy atom. The molecule has 9 nitrogen and oxygen atoms in total. The highest BCUT2D eigenvalue weighted by molar-refractivity contribution is 5.77. The third-order valence-corrected chi connectivity index (χ3v) is 4.98. The average molecular weight is 367 g/mol. The molecule has 0 bridgehead atoms. The lowest BCUT2D eigenvalue weighted by molar-refractivity contribution is -0.121. The van der Waals surface area contributed by atoms with Crippen molar-refractivity contribution in [2.75, 3.05) is 12.4 Å². The van der Waals surface area contributed by atoms with Crippen LogP contribution in [0.4, 0.5) is 5.95 Å². The molecule has 0 aliphatic heterocycles. The smallest absolute Gasteiger partial charge is 0.225 e. The van der Waals surface area contributed by atoms with Crippen LogP contribution in [0.15, 0.2) is 24.4 Å². The van der Waals surface area contributed by atoms with Crippen molar-refractivity contribution in [3.63, 3.8) is 0 Å². The fourth-order valence-corrected chi connectivity index (χ4v) is 3.52. The van der Waals surface area contributed by atoms with Gasteiger partial charge in [-0.3, -0.25) is 4.79 Å². The summed E-state index contributed by atoms with van der Waals surface area (Å²) in [7, 11) is 1.64. The lowest BCUT2D eigenvalue weighted by Gasteiger charge is -2.12. The summed E-state index contributed by atoms with van der Waals surface area (Å²) in [6, 6.07) is 5.90. The number of ether oxygens (including phenoxy) is 1. The normalized spacial score (nSPS) is 19.3. The number of anilines is 1. The topological polar surface area (TPSA) is 121 Å². The van der Waals surface area contributed by atoms with E-state index in [1.807, 2.05) is 25.1 Å². The van der Waals surface area contributed by atoms with Crippen LogP contribution in [-0.2, 0) is 4.79 Å². The summed E-state index contributed by atoms with van der Waals surface area (Å²) in [5.74, 6) is 0.977. The molecule has 0 radical (unpaired) electrons. The molecule has 9 heteroatoms. The van der Waals surface area contributed by atoms with Crippen LogP contribution in [0.5, 0.6) is 5.75 Å². The maximum Gasteiger partial charge on any atom is 0.225 e. The molecular formula is C18H21N7O2. The van der Waals surface area contributed by atoms with Crippen molar-refractivity contribution in [1.82, 2.24) is 25.0 Å². The van der Waals surface area contributed by atoms with E-state index in [1.54, 1.807) is 18.0 Å². The molecule has 2 aromatic heterocycles. The first kappa shape index (κ1) is 17.2. The first-order valence-corrected chi connectivity index (χ1v) is 8.84. The second kappa shape index (κ2) is 6.82. The minimum atomic E-state index is -0.243. The second-order valence-electron chi connectivity index (χ2n) is 6.81. The maximum absolute atomic E-state index is 11.3. The number of fused-ring (bicyclic) bond motifs is 1. The zero-order valence-corrected chi connectivity index (χ0v) is 15.2. The van der Waals surface area contributed by atoms with Gasteiger partial charge in [0.05, 0.1) is 19.0 Å². The van der Waals surface area contributed by atoms with Gasteiger partial charge in [0.15, 0.2) is 11.2 Å². The third-order valence-electron chi connectivity index (χ3n) is 4.98. The van der Waals surface area contributed by atoms with Crippen LogP contribution in [0.3, 0.4) is 0 Å². The number of methoxy groups -OCH3 is 1. The summed E-state index contributed by atoms with van der Waals surface area (Å²) in [6.45, 7) is 1.97. The van der Waals surface area contributed by atoms with E-state index in [2.05, 4.69) is 25.6 Å². The minimum Gasteiger partial charge on any atom is -0.496 e. The van der Waals surface area contributed by atoms with Crippen molar-refractivity contribution in [1.29, 1.82) is 0 Å². The predicted octanol–water partition coefficient (Wildman–Crippen LogP) is 1.59. The molecule has 140 valence electrons. The van der Waals surface area contributed by atoms with Crippen LogP contribution in [0.1, 0.15) is 24.8 Å². The molecule has 1 aromatic carbocycles. The molecule has 1 fully saturated rings. The maximum atomic E-state index is 11.3. The Morgan fingerprint density at radius 3 is 2.93 bits per heavy atom. The molecule has 4 rings (SSSR count). The van der Waals surface area contributed by atoms with Crippen molar-refractivity contribution in [2.24, 2.45) is 11.7 Å². The Bertz CT molecular complexity index is 1000. The number of nitrogens with zero attached hydrogens (tertiary/aromatic N) is 5. The van der Waals surface area contributed by atoms with Gasteiger partial charge in [-0.05, 0) is 49.9 Å². The van der Waals surface area contributed by atoms with E-state index in [1.165, 1.54) is 0 Å². The number of rotatable bonds is 5. The number of aromatic nitrogens is 5. The average Bonchev–Trinajstić information content (AvgIpc) is 3.28. The Kier molecular flexibility index (Phi) is 4.35. The van der Waals surface area contributed by atoms with Gasteiger partial charge >= 0.3 is 0 Å². The molecule has 1 aliphatic carbocycles. The highest BCUT2D eigenvalue weighted by Gasteiger charge is 2.28. The molecule has 3 aromatic rings. The van der Waals surface area contributed by atoms with Crippen molar-refractivity contribution in [2.45, 2.75) is 32.2 Å². The van der Waals surface area contributed by atoms with Crippen molar-refractivity contribution in [3.05, 3.63) is 30.0 Å². The van der Waals surface area contributed by atoms with Gasteiger partial charge in [-0.2, -0.15) is 9.67 Å². The van der Waals surface area contributed by atoms with Gasteiger partial charge in [0.2, 0.25) is 11.9 Å². The molecule has 1 saturated carbocycles. The number of carbonyl (C=O) groups excluding carboxylic acids is 1. The first-order valence-electron chi connectivity index (χ1n) is 8.84. The molecule has 0 saturated heterocycles. The minimum absolute atomic E-state index is 0.0827. The van der Waals surface area contributed by atoms with Gasteiger partial charge in [-0.15, -0.1) is 5.10 Å². The number of carbonyl (C=O) groups is 1.